The summed E-state index contributed by atoms with van der Waals surface area (Å²) in [7, 11) is 0. The van der Waals surface area contributed by atoms with Crippen molar-refractivity contribution in [3.63, 3.8) is 0 Å². The van der Waals surface area contributed by atoms with Crippen molar-refractivity contribution >= 4 is 16.7 Å². The molecule has 2 heteroatoms. The van der Waals surface area contributed by atoms with E-state index in [0.717, 1.165) is 5.69 Å². The molecule has 1 aliphatic carbocycles. The number of nitrogens with zero attached hydrogens (tertiary/aromatic N) is 1. The predicted molar refractivity (Wildman–Crippen MR) is 74.1 cm³/mol. The standard InChI is InChI=1S/C16H19NO/c1-12(18)16-11-13-7-5-6-10-15(13)17(16)14-8-3-2-4-9-14/h5-7,10-11,14H,2-4,8-9H2,1H3. The van der Waals surface area contributed by atoms with Gasteiger partial charge in [-0.25, -0.2) is 0 Å². The Balaban J connectivity index is 2.17. The zero-order chi connectivity index (χ0) is 12.5. The van der Waals surface area contributed by atoms with Gasteiger partial charge in [0.25, 0.3) is 0 Å². The molecule has 0 saturated heterocycles. The van der Waals surface area contributed by atoms with Gasteiger partial charge in [-0.15, -0.1) is 0 Å². The Bertz CT molecular complexity index is 576. The Hall–Kier alpha value is -1.57. The average Bonchev–Trinajstić information content (AvgIpc) is 2.79. The van der Waals surface area contributed by atoms with E-state index in [0.29, 0.717) is 6.04 Å². The zero-order valence-electron chi connectivity index (χ0n) is 10.9. The van der Waals surface area contributed by atoms with Crippen molar-refractivity contribution in [2.24, 2.45) is 0 Å². The van der Waals surface area contributed by atoms with Gasteiger partial charge in [0.1, 0.15) is 0 Å². The van der Waals surface area contributed by atoms with Gasteiger partial charge in [0.15, 0.2) is 5.78 Å². The number of carbonyl (C=O) groups is 1. The molecule has 1 aromatic heterocycles. The highest BCUT2D eigenvalue weighted by atomic mass is 16.1. The molecular weight excluding hydrogens is 222 g/mol. The average molecular weight is 241 g/mol. The summed E-state index contributed by atoms with van der Waals surface area (Å²) in [5, 5.41) is 1.19. The molecule has 0 amide bonds. The molecule has 94 valence electrons. The first-order chi connectivity index (χ1) is 8.77. The summed E-state index contributed by atoms with van der Waals surface area (Å²) in [5.41, 5.74) is 2.10. The Morgan fingerprint density at radius 2 is 1.89 bits per heavy atom. The normalized spacial score (nSPS) is 17.2. The molecule has 0 radical (unpaired) electrons. The van der Waals surface area contributed by atoms with Crippen LogP contribution in [0.3, 0.4) is 0 Å². The maximum absolute atomic E-state index is 11.9. The third-order valence-corrected chi connectivity index (χ3v) is 4.05. The molecule has 0 atom stereocenters. The fourth-order valence-corrected chi connectivity index (χ4v) is 3.18. The van der Waals surface area contributed by atoms with Crippen LogP contribution in [0.4, 0.5) is 0 Å². The molecular formula is C16H19NO. The van der Waals surface area contributed by atoms with Crippen molar-refractivity contribution in [1.29, 1.82) is 0 Å². The third kappa shape index (κ3) is 1.86. The highest BCUT2D eigenvalue weighted by Gasteiger charge is 2.21. The minimum absolute atomic E-state index is 0.178. The van der Waals surface area contributed by atoms with E-state index >= 15 is 0 Å². The Morgan fingerprint density at radius 1 is 1.17 bits per heavy atom. The third-order valence-electron chi connectivity index (χ3n) is 4.05. The number of hydrogen-bond acceptors (Lipinski definition) is 1. The fraction of sp³-hybridized carbons (Fsp3) is 0.438. The number of hydrogen-bond donors (Lipinski definition) is 0. The Labute approximate surface area is 108 Å². The molecule has 0 aliphatic heterocycles. The summed E-state index contributed by atoms with van der Waals surface area (Å²) in [6.45, 7) is 1.67. The second-order valence-corrected chi connectivity index (χ2v) is 5.31. The van der Waals surface area contributed by atoms with Crippen LogP contribution in [-0.2, 0) is 0 Å². The zero-order valence-corrected chi connectivity index (χ0v) is 10.9. The highest BCUT2D eigenvalue weighted by Crippen LogP contribution is 2.33. The highest BCUT2D eigenvalue weighted by molar-refractivity contribution is 5.98. The van der Waals surface area contributed by atoms with Gasteiger partial charge >= 0.3 is 0 Å². The molecule has 3 rings (SSSR count). The van der Waals surface area contributed by atoms with E-state index in [-0.39, 0.29) is 5.78 Å². The molecule has 2 aromatic rings. The van der Waals surface area contributed by atoms with E-state index in [2.05, 4.69) is 22.8 Å². The van der Waals surface area contributed by atoms with Crippen LogP contribution in [0, 0.1) is 0 Å². The summed E-state index contributed by atoms with van der Waals surface area (Å²) >= 11 is 0. The van der Waals surface area contributed by atoms with E-state index in [9.17, 15) is 4.79 Å². The number of fused-ring (bicyclic) bond motifs is 1. The summed E-state index contributed by atoms with van der Waals surface area (Å²) in [4.78, 5) is 11.9. The van der Waals surface area contributed by atoms with Crippen LogP contribution in [-0.4, -0.2) is 10.4 Å². The number of aromatic nitrogens is 1. The van der Waals surface area contributed by atoms with Gasteiger partial charge < -0.3 is 4.57 Å². The number of carbonyl (C=O) groups excluding carboxylic acids is 1. The van der Waals surface area contributed by atoms with Crippen molar-refractivity contribution in [3.05, 3.63) is 36.0 Å². The molecule has 0 unspecified atom stereocenters. The topological polar surface area (TPSA) is 22.0 Å². The molecule has 1 fully saturated rings. The lowest BCUT2D eigenvalue weighted by atomic mass is 9.95. The van der Waals surface area contributed by atoms with Gasteiger partial charge in [0.2, 0.25) is 0 Å². The van der Waals surface area contributed by atoms with Gasteiger partial charge in [-0.2, -0.15) is 0 Å². The van der Waals surface area contributed by atoms with E-state index in [1.807, 2.05) is 12.1 Å². The van der Waals surface area contributed by atoms with Gasteiger partial charge in [-0.3, -0.25) is 4.79 Å². The van der Waals surface area contributed by atoms with Gasteiger partial charge in [-0.05, 0) is 25.0 Å². The van der Waals surface area contributed by atoms with Crippen LogP contribution in [0.1, 0.15) is 55.6 Å². The van der Waals surface area contributed by atoms with Crippen LogP contribution >= 0.6 is 0 Å². The van der Waals surface area contributed by atoms with E-state index in [1.54, 1.807) is 6.92 Å². The Kier molecular flexibility index (Phi) is 2.94. The molecule has 0 bridgehead atoms. The van der Waals surface area contributed by atoms with E-state index < -0.39 is 0 Å². The maximum atomic E-state index is 11.9. The summed E-state index contributed by atoms with van der Waals surface area (Å²) in [6.07, 6.45) is 6.33. The first-order valence-electron chi connectivity index (χ1n) is 6.88. The van der Waals surface area contributed by atoms with Gasteiger partial charge in [0.05, 0.1) is 5.69 Å². The number of benzene rings is 1. The van der Waals surface area contributed by atoms with E-state index in [1.165, 1.54) is 43.0 Å². The lowest BCUT2D eigenvalue weighted by Crippen LogP contribution is -2.16. The van der Waals surface area contributed by atoms with Crippen LogP contribution in [0.2, 0.25) is 0 Å². The minimum atomic E-state index is 0.178. The van der Waals surface area contributed by atoms with Crippen LogP contribution in [0.15, 0.2) is 30.3 Å². The molecule has 1 heterocycles. The molecule has 2 nitrogen and oxygen atoms in total. The van der Waals surface area contributed by atoms with Crippen molar-refractivity contribution < 1.29 is 4.79 Å². The summed E-state index contributed by atoms with van der Waals surface area (Å²) in [5.74, 6) is 0.178. The first-order valence-corrected chi connectivity index (χ1v) is 6.88. The second-order valence-electron chi connectivity index (χ2n) is 5.31. The van der Waals surface area contributed by atoms with Crippen molar-refractivity contribution in [2.45, 2.75) is 45.1 Å². The molecule has 1 aliphatic rings. The fourth-order valence-electron chi connectivity index (χ4n) is 3.18. The van der Waals surface area contributed by atoms with Crippen LogP contribution in [0.5, 0.6) is 0 Å². The number of rotatable bonds is 2. The van der Waals surface area contributed by atoms with Crippen LogP contribution in [0.25, 0.3) is 10.9 Å². The van der Waals surface area contributed by atoms with E-state index in [4.69, 9.17) is 0 Å². The van der Waals surface area contributed by atoms with Crippen LogP contribution < -0.4 is 0 Å². The maximum Gasteiger partial charge on any atom is 0.176 e. The second kappa shape index (κ2) is 4.60. The van der Waals surface area contributed by atoms with Crippen molar-refractivity contribution in [2.75, 3.05) is 0 Å². The molecule has 0 spiro atoms. The SMILES string of the molecule is CC(=O)c1cc2ccccc2n1C1CCCCC1. The molecule has 1 aromatic carbocycles. The number of para-hydroxylation sites is 1. The van der Waals surface area contributed by atoms with Gasteiger partial charge in [0, 0.05) is 23.9 Å². The lowest BCUT2D eigenvalue weighted by Gasteiger charge is -2.25. The quantitative estimate of drug-likeness (QED) is 0.716. The molecule has 0 N–H and O–H groups in total. The summed E-state index contributed by atoms with van der Waals surface area (Å²) < 4.78 is 2.29. The summed E-state index contributed by atoms with van der Waals surface area (Å²) in [6, 6.07) is 10.9. The first kappa shape index (κ1) is 11.5. The van der Waals surface area contributed by atoms with Crippen molar-refractivity contribution in [3.8, 4) is 0 Å². The minimum Gasteiger partial charge on any atom is -0.335 e. The lowest BCUT2D eigenvalue weighted by molar-refractivity contribution is 0.100. The smallest absolute Gasteiger partial charge is 0.176 e. The number of ketones is 1. The predicted octanol–water partition coefficient (Wildman–Crippen LogP) is 4.35. The molecule has 1 saturated carbocycles. The number of Topliss-reactive ketones (excluding diaryl/α,β-unsaturated/α-hetero) is 1. The molecule has 18 heavy (non-hydrogen) atoms. The monoisotopic (exact) mass is 241 g/mol. The Morgan fingerprint density at radius 3 is 2.61 bits per heavy atom. The largest absolute Gasteiger partial charge is 0.335 e. The van der Waals surface area contributed by atoms with Crippen molar-refractivity contribution in [1.82, 2.24) is 4.57 Å². The van der Waals surface area contributed by atoms with Gasteiger partial charge in [-0.1, -0.05) is 37.5 Å².